The molecule has 1 aromatic heterocycles. The van der Waals surface area contributed by atoms with Crippen molar-refractivity contribution < 1.29 is 17.9 Å². The van der Waals surface area contributed by atoms with Crippen LogP contribution in [0, 0.1) is 0 Å². The maximum absolute atomic E-state index is 12.5. The Morgan fingerprint density at radius 2 is 2.15 bits per heavy atom. The predicted molar refractivity (Wildman–Crippen MR) is 68.3 cm³/mol. The van der Waals surface area contributed by atoms with Gasteiger partial charge in [-0.25, -0.2) is 0 Å². The Bertz CT molecular complexity index is 419. The third kappa shape index (κ3) is 4.21. The monoisotopic (exact) mass is 291 g/mol. The second-order valence-corrected chi connectivity index (χ2v) is 5.11. The van der Waals surface area contributed by atoms with E-state index in [0.29, 0.717) is 6.54 Å². The molecule has 20 heavy (non-hydrogen) atoms. The van der Waals surface area contributed by atoms with Crippen molar-refractivity contribution in [3.05, 3.63) is 18.0 Å². The maximum atomic E-state index is 12.5. The maximum Gasteiger partial charge on any atom is 0.419 e. The summed E-state index contributed by atoms with van der Waals surface area (Å²) in [7, 11) is 0. The van der Waals surface area contributed by atoms with E-state index in [1.165, 1.54) is 4.68 Å². The van der Waals surface area contributed by atoms with Crippen molar-refractivity contribution in [2.24, 2.45) is 0 Å². The SMILES string of the molecule is CCCNCC1CCC(Cn2cc(C(F)(F)F)cn2)O1. The number of hydrogen-bond acceptors (Lipinski definition) is 3. The molecule has 1 aliphatic rings. The Balaban J connectivity index is 1.79. The van der Waals surface area contributed by atoms with Crippen molar-refractivity contribution in [2.45, 2.75) is 51.1 Å². The largest absolute Gasteiger partial charge is 0.419 e. The van der Waals surface area contributed by atoms with Crippen molar-refractivity contribution >= 4 is 0 Å². The summed E-state index contributed by atoms with van der Waals surface area (Å²) in [4.78, 5) is 0. The van der Waals surface area contributed by atoms with Gasteiger partial charge in [0.25, 0.3) is 0 Å². The number of ether oxygens (including phenoxy) is 1. The highest BCUT2D eigenvalue weighted by Crippen LogP contribution is 2.29. The van der Waals surface area contributed by atoms with Crippen LogP contribution in [0.15, 0.2) is 12.4 Å². The molecule has 2 rings (SSSR count). The molecule has 0 amide bonds. The van der Waals surface area contributed by atoms with Crippen LogP contribution < -0.4 is 5.32 Å². The van der Waals surface area contributed by atoms with E-state index in [-0.39, 0.29) is 12.2 Å². The summed E-state index contributed by atoms with van der Waals surface area (Å²) in [6.45, 7) is 4.23. The Morgan fingerprint density at radius 1 is 1.40 bits per heavy atom. The molecule has 1 aliphatic heterocycles. The molecule has 0 bridgehead atoms. The van der Waals surface area contributed by atoms with Gasteiger partial charge >= 0.3 is 6.18 Å². The van der Waals surface area contributed by atoms with E-state index < -0.39 is 11.7 Å². The summed E-state index contributed by atoms with van der Waals surface area (Å²) >= 11 is 0. The zero-order chi connectivity index (χ0) is 14.6. The van der Waals surface area contributed by atoms with Gasteiger partial charge in [0, 0.05) is 12.7 Å². The quantitative estimate of drug-likeness (QED) is 0.818. The summed E-state index contributed by atoms with van der Waals surface area (Å²) in [5.74, 6) is 0. The van der Waals surface area contributed by atoms with Crippen LogP contribution in [-0.4, -0.2) is 35.1 Å². The Hall–Kier alpha value is -1.08. The fourth-order valence-corrected chi connectivity index (χ4v) is 2.32. The fourth-order valence-electron chi connectivity index (χ4n) is 2.32. The predicted octanol–water partition coefficient (Wildman–Crippen LogP) is 2.45. The van der Waals surface area contributed by atoms with Gasteiger partial charge in [-0.15, -0.1) is 0 Å². The minimum Gasteiger partial charge on any atom is -0.372 e. The van der Waals surface area contributed by atoms with Gasteiger partial charge in [-0.1, -0.05) is 6.92 Å². The first-order chi connectivity index (χ1) is 9.49. The molecule has 0 aliphatic carbocycles. The smallest absolute Gasteiger partial charge is 0.372 e. The van der Waals surface area contributed by atoms with Crippen LogP contribution in [-0.2, 0) is 17.5 Å². The highest BCUT2D eigenvalue weighted by molar-refractivity contribution is 5.08. The van der Waals surface area contributed by atoms with Crippen LogP contribution in [0.5, 0.6) is 0 Å². The average molecular weight is 291 g/mol. The molecule has 0 spiro atoms. The fraction of sp³-hybridized carbons (Fsp3) is 0.769. The minimum absolute atomic E-state index is 0.0515. The van der Waals surface area contributed by atoms with Gasteiger partial charge < -0.3 is 10.1 Å². The lowest BCUT2D eigenvalue weighted by Gasteiger charge is -2.14. The van der Waals surface area contributed by atoms with E-state index in [2.05, 4.69) is 17.3 Å². The summed E-state index contributed by atoms with van der Waals surface area (Å²) in [5.41, 5.74) is -0.711. The van der Waals surface area contributed by atoms with Crippen LogP contribution in [0.3, 0.4) is 0 Å². The second-order valence-electron chi connectivity index (χ2n) is 5.11. The molecule has 4 nitrogen and oxygen atoms in total. The number of alkyl halides is 3. The molecular weight excluding hydrogens is 271 g/mol. The van der Waals surface area contributed by atoms with Crippen LogP contribution in [0.25, 0.3) is 0 Å². The summed E-state index contributed by atoms with van der Waals surface area (Å²) in [6, 6.07) is 0. The van der Waals surface area contributed by atoms with Gasteiger partial charge in [-0.05, 0) is 25.8 Å². The van der Waals surface area contributed by atoms with Crippen LogP contribution in [0.4, 0.5) is 13.2 Å². The van der Waals surface area contributed by atoms with Gasteiger partial charge in [0.05, 0.1) is 30.5 Å². The molecular formula is C13H20F3N3O. The van der Waals surface area contributed by atoms with E-state index >= 15 is 0 Å². The molecule has 2 atom stereocenters. The van der Waals surface area contributed by atoms with Crippen molar-refractivity contribution in [3.8, 4) is 0 Å². The van der Waals surface area contributed by atoms with E-state index in [9.17, 15) is 13.2 Å². The highest BCUT2D eigenvalue weighted by Gasteiger charge is 2.33. The molecule has 1 N–H and O–H groups in total. The topological polar surface area (TPSA) is 39.1 Å². The van der Waals surface area contributed by atoms with Crippen LogP contribution in [0.2, 0.25) is 0 Å². The number of halogens is 3. The van der Waals surface area contributed by atoms with Crippen molar-refractivity contribution in [1.82, 2.24) is 15.1 Å². The van der Waals surface area contributed by atoms with Gasteiger partial charge in [0.2, 0.25) is 0 Å². The van der Waals surface area contributed by atoms with Gasteiger partial charge in [-0.3, -0.25) is 4.68 Å². The molecule has 2 heterocycles. The molecule has 0 radical (unpaired) electrons. The number of aromatic nitrogens is 2. The molecule has 1 fully saturated rings. The lowest BCUT2D eigenvalue weighted by molar-refractivity contribution is -0.137. The first-order valence-corrected chi connectivity index (χ1v) is 6.95. The van der Waals surface area contributed by atoms with Crippen LogP contribution >= 0.6 is 0 Å². The molecule has 1 saturated heterocycles. The van der Waals surface area contributed by atoms with E-state index in [1.807, 2.05) is 0 Å². The summed E-state index contributed by atoms with van der Waals surface area (Å²) in [5, 5.41) is 7.04. The summed E-state index contributed by atoms with van der Waals surface area (Å²) in [6.07, 6.45) is 0.537. The standard InChI is InChI=1S/C13H20F3N3O/c1-2-5-17-7-11-3-4-12(20-11)9-19-8-10(6-18-19)13(14,15)16/h6,8,11-12,17H,2-5,7,9H2,1H3. The van der Waals surface area contributed by atoms with Crippen molar-refractivity contribution in [2.75, 3.05) is 13.1 Å². The third-order valence-corrected chi connectivity index (χ3v) is 3.35. The van der Waals surface area contributed by atoms with Gasteiger partial charge in [0.1, 0.15) is 0 Å². The van der Waals surface area contributed by atoms with Gasteiger partial charge in [0.15, 0.2) is 0 Å². The van der Waals surface area contributed by atoms with Crippen LogP contribution in [0.1, 0.15) is 31.7 Å². The molecule has 114 valence electrons. The highest BCUT2D eigenvalue weighted by atomic mass is 19.4. The summed E-state index contributed by atoms with van der Waals surface area (Å²) < 4.78 is 44.5. The first kappa shape index (κ1) is 15.3. The second kappa shape index (κ2) is 6.58. The Morgan fingerprint density at radius 3 is 2.80 bits per heavy atom. The number of rotatable bonds is 6. The van der Waals surface area contributed by atoms with E-state index in [1.54, 1.807) is 0 Å². The van der Waals surface area contributed by atoms with Crippen molar-refractivity contribution in [3.63, 3.8) is 0 Å². The van der Waals surface area contributed by atoms with Crippen molar-refractivity contribution in [1.29, 1.82) is 0 Å². The molecule has 7 heteroatoms. The molecule has 1 aromatic rings. The normalized spacial score (nSPS) is 23.4. The average Bonchev–Trinajstić information content (AvgIpc) is 2.99. The number of hydrogen-bond donors (Lipinski definition) is 1. The third-order valence-electron chi connectivity index (χ3n) is 3.35. The Kier molecular flexibility index (Phi) is 5.04. The first-order valence-electron chi connectivity index (χ1n) is 6.95. The number of nitrogens with one attached hydrogen (secondary N) is 1. The Labute approximate surface area is 116 Å². The lowest BCUT2D eigenvalue weighted by atomic mass is 10.2. The molecule has 2 unspecified atom stereocenters. The minimum atomic E-state index is -4.33. The lowest BCUT2D eigenvalue weighted by Crippen LogP contribution is -2.28. The zero-order valence-corrected chi connectivity index (χ0v) is 11.5. The van der Waals surface area contributed by atoms with Gasteiger partial charge in [-0.2, -0.15) is 18.3 Å². The molecule has 0 aromatic carbocycles. The molecule has 0 saturated carbocycles. The zero-order valence-electron chi connectivity index (χ0n) is 11.5. The number of nitrogens with zero attached hydrogens (tertiary/aromatic N) is 2. The van der Waals surface area contributed by atoms with E-state index in [0.717, 1.165) is 44.7 Å². The van der Waals surface area contributed by atoms with E-state index in [4.69, 9.17) is 4.74 Å².